The molecule has 0 atom stereocenters. The number of hydrogen-bond acceptors (Lipinski definition) is 7. The summed E-state index contributed by atoms with van der Waals surface area (Å²) in [5.74, 6) is -1.07. The Morgan fingerprint density at radius 3 is 2.94 bits per heavy atom. The molecular formula is C21H18ClF2N3O3S. The number of benzene rings is 2. The Labute approximate surface area is 186 Å². The molecule has 0 saturated carbocycles. The zero-order valence-corrected chi connectivity index (χ0v) is 18.0. The van der Waals surface area contributed by atoms with Gasteiger partial charge < -0.3 is 9.47 Å². The Bertz CT molecular complexity index is 1090. The van der Waals surface area contributed by atoms with Crippen LogP contribution in [0.4, 0.5) is 13.9 Å². The average molecular weight is 466 g/mol. The van der Waals surface area contributed by atoms with Gasteiger partial charge in [-0.3, -0.25) is 10.2 Å². The lowest BCUT2D eigenvalue weighted by molar-refractivity contribution is -0.142. The third-order valence-electron chi connectivity index (χ3n) is 3.91. The van der Waals surface area contributed by atoms with Gasteiger partial charge in [0.05, 0.1) is 24.9 Å². The van der Waals surface area contributed by atoms with E-state index < -0.39 is 11.6 Å². The summed E-state index contributed by atoms with van der Waals surface area (Å²) in [6, 6.07) is 8.02. The summed E-state index contributed by atoms with van der Waals surface area (Å²) in [4.78, 5) is 15.8. The van der Waals surface area contributed by atoms with Crippen molar-refractivity contribution in [2.45, 2.75) is 20.0 Å². The molecule has 0 aliphatic carbocycles. The molecule has 0 aliphatic rings. The third-order valence-corrected chi connectivity index (χ3v) is 4.94. The minimum Gasteiger partial charge on any atom is -0.488 e. The number of aromatic nitrogens is 1. The van der Waals surface area contributed by atoms with Gasteiger partial charge in [0.2, 0.25) is 5.13 Å². The molecule has 0 aliphatic heterocycles. The number of esters is 1. The molecule has 1 heterocycles. The lowest BCUT2D eigenvalue weighted by Crippen LogP contribution is -2.07. The van der Waals surface area contributed by atoms with Crippen LogP contribution in [0.25, 0.3) is 0 Å². The molecule has 10 heteroatoms. The zero-order chi connectivity index (χ0) is 22.2. The van der Waals surface area contributed by atoms with Gasteiger partial charge in [0.15, 0.2) is 0 Å². The monoisotopic (exact) mass is 465 g/mol. The average Bonchev–Trinajstić information content (AvgIpc) is 3.17. The number of halogens is 3. The summed E-state index contributed by atoms with van der Waals surface area (Å²) in [7, 11) is 0. The molecule has 0 unspecified atom stereocenters. The molecular weight excluding hydrogens is 448 g/mol. The van der Waals surface area contributed by atoms with E-state index >= 15 is 0 Å². The van der Waals surface area contributed by atoms with Crippen LogP contribution in [-0.4, -0.2) is 23.8 Å². The summed E-state index contributed by atoms with van der Waals surface area (Å²) in [5.41, 5.74) is 3.96. The van der Waals surface area contributed by atoms with Crippen molar-refractivity contribution in [1.82, 2.24) is 4.98 Å². The number of nitrogens with one attached hydrogen (secondary N) is 1. The molecule has 0 spiro atoms. The standard InChI is InChI=1S/C21H18ClF2N3O3S/c1-2-29-20(28)9-17-12-31-21(26-17)27-25-10-13-7-15(22)3-6-19(13)30-11-14-8-16(23)4-5-18(14)24/h3-8,10,12H,2,9,11H2,1H3,(H,26,27). The fraction of sp³-hybridized carbons (Fsp3) is 0.190. The smallest absolute Gasteiger partial charge is 0.311 e. The van der Waals surface area contributed by atoms with Gasteiger partial charge in [-0.1, -0.05) is 11.6 Å². The van der Waals surface area contributed by atoms with E-state index in [9.17, 15) is 13.6 Å². The van der Waals surface area contributed by atoms with Crippen LogP contribution in [0.1, 0.15) is 23.7 Å². The maximum atomic E-state index is 13.8. The second kappa shape index (κ2) is 10.8. The Morgan fingerprint density at radius 1 is 1.29 bits per heavy atom. The molecule has 3 rings (SSSR count). The Kier molecular flexibility index (Phi) is 7.91. The lowest BCUT2D eigenvalue weighted by Gasteiger charge is -2.10. The molecule has 6 nitrogen and oxygen atoms in total. The van der Waals surface area contributed by atoms with Crippen molar-refractivity contribution in [1.29, 1.82) is 0 Å². The molecule has 0 amide bonds. The summed E-state index contributed by atoms with van der Waals surface area (Å²) in [6.07, 6.45) is 1.55. The SMILES string of the molecule is CCOC(=O)Cc1csc(NN=Cc2cc(Cl)ccc2OCc2cc(F)ccc2F)n1. The summed E-state index contributed by atoms with van der Waals surface area (Å²) < 4.78 is 37.7. The van der Waals surface area contributed by atoms with Crippen LogP contribution in [-0.2, 0) is 22.6 Å². The van der Waals surface area contributed by atoms with Gasteiger partial charge in [0, 0.05) is 21.5 Å². The number of hydrogen-bond donors (Lipinski definition) is 1. The predicted octanol–water partition coefficient (Wildman–Crippen LogP) is 5.21. The lowest BCUT2D eigenvalue weighted by atomic mass is 10.2. The highest BCUT2D eigenvalue weighted by Crippen LogP contribution is 2.23. The van der Waals surface area contributed by atoms with E-state index in [4.69, 9.17) is 21.1 Å². The second-order valence-corrected chi connectivity index (χ2v) is 7.50. The molecule has 31 heavy (non-hydrogen) atoms. The van der Waals surface area contributed by atoms with Crippen molar-refractivity contribution in [3.8, 4) is 5.75 Å². The Balaban J connectivity index is 1.65. The van der Waals surface area contributed by atoms with Crippen LogP contribution >= 0.6 is 22.9 Å². The number of rotatable bonds is 9. The van der Waals surface area contributed by atoms with Crippen molar-refractivity contribution >= 4 is 40.3 Å². The summed E-state index contributed by atoms with van der Waals surface area (Å²) in [5, 5.41) is 6.79. The highest BCUT2D eigenvalue weighted by molar-refractivity contribution is 7.13. The number of carbonyl (C=O) groups is 1. The van der Waals surface area contributed by atoms with Crippen molar-refractivity contribution < 1.29 is 23.0 Å². The molecule has 3 aromatic rings. The normalized spacial score (nSPS) is 11.0. The van der Waals surface area contributed by atoms with Gasteiger partial charge in [0.25, 0.3) is 0 Å². The molecule has 0 saturated heterocycles. The maximum absolute atomic E-state index is 13.8. The van der Waals surface area contributed by atoms with Gasteiger partial charge in [-0.15, -0.1) is 11.3 Å². The minimum absolute atomic E-state index is 0.0820. The summed E-state index contributed by atoms with van der Waals surface area (Å²) in [6.45, 7) is 1.89. The maximum Gasteiger partial charge on any atom is 0.311 e. The van der Waals surface area contributed by atoms with Crippen LogP contribution in [0, 0.1) is 11.6 Å². The van der Waals surface area contributed by atoms with Crippen LogP contribution in [0.2, 0.25) is 5.02 Å². The molecule has 1 N–H and O–H groups in total. The first kappa shape index (κ1) is 22.6. The van der Waals surface area contributed by atoms with Crippen molar-refractivity contribution in [3.63, 3.8) is 0 Å². The number of hydrazone groups is 1. The molecule has 162 valence electrons. The van der Waals surface area contributed by atoms with E-state index in [1.54, 1.807) is 30.5 Å². The summed E-state index contributed by atoms with van der Waals surface area (Å²) >= 11 is 7.34. The highest BCUT2D eigenvalue weighted by Gasteiger charge is 2.09. The number of nitrogens with zero attached hydrogens (tertiary/aromatic N) is 2. The first-order valence-corrected chi connectivity index (χ1v) is 10.5. The van der Waals surface area contributed by atoms with Gasteiger partial charge in [-0.2, -0.15) is 5.10 Å². The molecule has 2 aromatic carbocycles. The van der Waals surface area contributed by atoms with Crippen LogP contribution in [0.5, 0.6) is 5.75 Å². The first-order chi connectivity index (χ1) is 14.9. The molecule has 0 fully saturated rings. The number of carbonyl (C=O) groups excluding carboxylic acids is 1. The Hall–Kier alpha value is -3.04. The van der Waals surface area contributed by atoms with E-state index in [0.29, 0.717) is 33.8 Å². The van der Waals surface area contributed by atoms with Gasteiger partial charge in [-0.05, 0) is 43.3 Å². The Morgan fingerprint density at radius 2 is 2.13 bits per heavy atom. The van der Waals surface area contributed by atoms with Crippen LogP contribution < -0.4 is 10.2 Å². The van der Waals surface area contributed by atoms with Crippen molar-refractivity contribution in [3.05, 3.63) is 75.3 Å². The number of ether oxygens (including phenoxy) is 2. The van der Waals surface area contributed by atoms with Gasteiger partial charge >= 0.3 is 5.97 Å². The molecule has 0 bridgehead atoms. The van der Waals surface area contributed by atoms with Crippen LogP contribution in [0.3, 0.4) is 0 Å². The first-order valence-electron chi connectivity index (χ1n) is 9.20. The predicted molar refractivity (Wildman–Crippen MR) is 116 cm³/mol. The van der Waals surface area contributed by atoms with Gasteiger partial charge in [-0.25, -0.2) is 13.8 Å². The van der Waals surface area contributed by atoms with E-state index in [-0.39, 0.29) is 24.6 Å². The quantitative estimate of drug-likeness (QED) is 0.267. The number of anilines is 1. The zero-order valence-electron chi connectivity index (χ0n) is 16.4. The molecule has 1 aromatic heterocycles. The van der Waals surface area contributed by atoms with Crippen molar-refractivity contribution in [2.75, 3.05) is 12.0 Å². The van der Waals surface area contributed by atoms with E-state index in [0.717, 1.165) is 18.2 Å². The second-order valence-electron chi connectivity index (χ2n) is 6.20. The fourth-order valence-corrected chi connectivity index (χ4v) is 3.36. The van der Waals surface area contributed by atoms with E-state index in [2.05, 4.69) is 15.5 Å². The largest absolute Gasteiger partial charge is 0.488 e. The third kappa shape index (κ3) is 6.73. The van der Waals surface area contributed by atoms with E-state index in [1.807, 2.05) is 0 Å². The van der Waals surface area contributed by atoms with E-state index in [1.165, 1.54) is 17.6 Å². The minimum atomic E-state index is -0.561. The van der Waals surface area contributed by atoms with Gasteiger partial charge in [0.1, 0.15) is 24.0 Å². The number of thiazole rings is 1. The van der Waals surface area contributed by atoms with Crippen LogP contribution in [0.15, 0.2) is 46.9 Å². The molecule has 0 radical (unpaired) electrons. The highest BCUT2D eigenvalue weighted by atomic mass is 35.5. The van der Waals surface area contributed by atoms with Crippen molar-refractivity contribution in [2.24, 2.45) is 5.10 Å². The topological polar surface area (TPSA) is 72.8 Å². The fourth-order valence-electron chi connectivity index (χ4n) is 2.52.